The molecule has 0 aliphatic heterocycles. The van der Waals surface area contributed by atoms with E-state index in [1.54, 1.807) is 37.7 Å². The first-order valence-corrected chi connectivity index (χ1v) is 11.3. The lowest BCUT2D eigenvalue weighted by Crippen LogP contribution is -2.37. The molecule has 0 aromatic carbocycles. The molecule has 1 N–H and O–H groups in total. The van der Waals surface area contributed by atoms with Crippen LogP contribution in [0.1, 0.15) is 90.9 Å². The molecule has 1 nitrogen and oxygen atoms in total. The molecule has 5 atom stereocenters. The van der Waals surface area contributed by atoms with Crippen molar-refractivity contribution in [3.8, 4) is 0 Å². The molecule has 0 saturated heterocycles. The zero-order chi connectivity index (χ0) is 17.2. The van der Waals surface area contributed by atoms with Crippen LogP contribution < -0.4 is 0 Å². The van der Waals surface area contributed by atoms with E-state index in [0.29, 0.717) is 5.41 Å². The fourth-order valence-corrected chi connectivity index (χ4v) is 8.13. The number of nitrogens with one attached hydrogen (secondary N) is 1. The van der Waals surface area contributed by atoms with E-state index < -0.39 is 0 Å². The summed E-state index contributed by atoms with van der Waals surface area (Å²) >= 11 is 0. The van der Waals surface area contributed by atoms with Gasteiger partial charge < -0.3 is 5.41 Å². The summed E-state index contributed by atoms with van der Waals surface area (Å²) in [4.78, 5) is 0. The third-order valence-corrected chi connectivity index (χ3v) is 9.22. The molecule has 1 spiro atoms. The van der Waals surface area contributed by atoms with Crippen LogP contribution in [0.15, 0.2) is 11.6 Å². The zero-order valence-corrected chi connectivity index (χ0v) is 16.4. The molecule has 5 aliphatic rings. The van der Waals surface area contributed by atoms with E-state index in [2.05, 4.69) is 19.9 Å². The van der Waals surface area contributed by atoms with Crippen LogP contribution in [0.2, 0.25) is 0 Å². The molecule has 25 heavy (non-hydrogen) atoms. The molecule has 0 bridgehead atoms. The maximum Gasteiger partial charge on any atom is 0.0313 e. The van der Waals surface area contributed by atoms with Crippen LogP contribution in [0.5, 0.6) is 0 Å². The third-order valence-electron chi connectivity index (χ3n) is 9.22. The first-order chi connectivity index (χ1) is 12.1. The van der Waals surface area contributed by atoms with E-state index in [9.17, 15) is 0 Å². The highest BCUT2D eigenvalue weighted by molar-refractivity contribution is 5.93. The van der Waals surface area contributed by atoms with Gasteiger partial charge in [0.2, 0.25) is 0 Å². The zero-order valence-electron chi connectivity index (χ0n) is 16.4. The standard InChI is InChI=1S/C24H37N/c1-3-10-23(2)21(15-24(11-12-24)22(23)16-4-5-16)19-7-6-18-14-20(25)9-8-17(18)13-19/h14,16-17,19,21-22,25H,3-13,15H2,1-2H3. The van der Waals surface area contributed by atoms with Gasteiger partial charge in [0.05, 0.1) is 0 Å². The van der Waals surface area contributed by atoms with Crippen LogP contribution in [-0.2, 0) is 0 Å². The van der Waals surface area contributed by atoms with Gasteiger partial charge in [-0.2, -0.15) is 0 Å². The van der Waals surface area contributed by atoms with Gasteiger partial charge in [0, 0.05) is 5.71 Å². The summed E-state index contributed by atoms with van der Waals surface area (Å²) in [6.07, 6.45) is 19.4. The highest BCUT2D eigenvalue weighted by Gasteiger charge is 2.68. The number of hydrogen-bond donors (Lipinski definition) is 1. The first-order valence-electron chi connectivity index (χ1n) is 11.3. The van der Waals surface area contributed by atoms with Crippen LogP contribution in [0.25, 0.3) is 0 Å². The molecule has 0 heterocycles. The van der Waals surface area contributed by atoms with Gasteiger partial charge in [-0.3, -0.25) is 0 Å². The van der Waals surface area contributed by atoms with E-state index in [0.717, 1.165) is 47.1 Å². The van der Waals surface area contributed by atoms with Gasteiger partial charge in [0.15, 0.2) is 0 Å². The predicted octanol–water partition coefficient (Wildman–Crippen LogP) is 6.78. The Labute approximate surface area is 154 Å². The maximum absolute atomic E-state index is 8.01. The molecular formula is C24H37N. The van der Waals surface area contributed by atoms with Crippen LogP contribution in [0.4, 0.5) is 0 Å². The quantitative estimate of drug-likeness (QED) is 0.584. The van der Waals surface area contributed by atoms with Crippen LogP contribution in [0, 0.1) is 45.8 Å². The van der Waals surface area contributed by atoms with Crippen molar-refractivity contribution in [3.63, 3.8) is 0 Å². The van der Waals surface area contributed by atoms with Gasteiger partial charge in [-0.05, 0) is 117 Å². The lowest BCUT2D eigenvalue weighted by Gasteiger charge is -2.45. The normalized spacial score (nSPS) is 45.4. The van der Waals surface area contributed by atoms with Crippen LogP contribution in [-0.4, -0.2) is 5.71 Å². The Morgan fingerprint density at radius 3 is 2.56 bits per heavy atom. The number of hydrogen-bond acceptors (Lipinski definition) is 1. The van der Waals surface area contributed by atoms with Gasteiger partial charge in [0.1, 0.15) is 0 Å². The molecule has 5 rings (SSSR count). The Morgan fingerprint density at radius 1 is 1.08 bits per heavy atom. The summed E-state index contributed by atoms with van der Waals surface area (Å²) in [7, 11) is 0. The molecule has 0 radical (unpaired) electrons. The van der Waals surface area contributed by atoms with Crippen molar-refractivity contribution in [2.24, 2.45) is 40.4 Å². The summed E-state index contributed by atoms with van der Waals surface area (Å²) in [5, 5.41) is 8.01. The number of rotatable bonds is 4. The second-order valence-electron chi connectivity index (χ2n) is 10.8. The molecule has 0 aromatic rings. The highest BCUT2D eigenvalue weighted by atomic mass is 14.7. The van der Waals surface area contributed by atoms with E-state index in [4.69, 9.17) is 5.41 Å². The molecule has 0 amide bonds. The average molecular weight is 340 g/mol. The second-order valence-corrected chi connectivity index (χ2v) is 10.8. The molecule has 0 aromatic heterocycles. The monoisotopic (exact) mass is 339 g/mol. The Bertz CT molecular complexity index is 593. The molecule has 138 valence electrons. The Balaban J connectivity index is 1.41. The van der Waals surface area contributed by atoms with Crippen molar-refractivity contribution in [3.05, 3.63) is 11.6 Å². The second kappa shape index (κ2) is 5.70. The summed E-state index contributed by atoms with van der Waals surface area (Å²) < 4.78 is 0. The third kappa shape index (κ3) is 2.59. The minimum Gasteiger partial charge on any atom is -0.305 e. The highest BCUT2D eigenvalue weighted by Crippen LogP contribution is 2.76. The lowest BCUT2D eigenvalue weighted by atomic mass is 9.60. The summed E-state index contributed by atoms with van der Waals surface area (Å²) in [5.74, 6) is 4.98. The van der Waals surface area contributed by atoms with Gasteiger partial charge in [-0.1, -0.05) is 25.8 Å². The molecule has 4 fully saturated rings. The molecule has 5 unspecified atom stereocenters. The van der Waals surface area contributed by atoms with Gasteiger partial charge in [-0.25, -0.2) is 0 Å². The Morgan fingerprint density at radius 2 is 1.88 bits per heavy atom. The SMILES string of the molecule is CCCC1(C)C(C2CCC3=CC(=N)CCC3C2)CC2(CC2)C1C1CC1. The van der Waals surface area contributed by atoms with Gasteiger partial charge in [-0.15, -0.1) is 0 Å². The molecule has 4 saturated carbocycles. The van der Waals surface area contributed by atoms with Crippen LogP contribution in [0.3, 0.4) is 0 Å². The van der Waals surface area contributed by atoms with Gasteiger partial charge >= 0.3 is 0 Å². The van der Waals surface area contributed by atoms with E-state index in [1.807, 2.05) is 0 Å². The van der Waals surface area contributed by atoms with Crippen molar-refractivity contribution < 1.29 is 0 Å². The first kappa shape index (κ1) is 16.6. The van der Waals surface area contributed by atoms with Crippen molar-refractivity contribution in [1.82, 2.24) is 0 Å². The van der Waals surface area contributed by atoms with Crippen molar-refractivity contribution >= 4 is 5.71 Å². The Kier molecular flexibility index (Phi) is 3.78. The smallest absolute Gasteiger partial charge is 0.0313 e. The van der Waals surface area contributed by atoms with Crippen molar-refractivity contribution in [2.75, 3.05) is 0 Å². The topological polar surface area (TPSA) is 23.9 Å². The van der Waals surface area contributed by atoms with E-state index >= 15 is 0 Å². The van der Waals surface area contributed by atoms with E-state index in [1.165, 1.54) is 38.5 Å². The molecule has 1 heteroatoms. The minimum atomic E-state index is 0.639. The van der Waals surface area contributed by atoms with Crippen molar-refractivity contribution in [2.45, 2.75) is 90.9 Å². The molecule has 5 aliphatic carbocycles. The summed E-state index contributed by atoms with van der Waals surface area (Å²) in [6, 6.07) is 0. The fraction of sp³-hybridized carbons (Fsp3) is 0.875. The largest absolute Gasteiger partial charge is 0.305 e. The average Bonchev–Trinajstić information content (AvgIpc) is 3.50. The van der Waals surface area contributed by atoms with Crippen LogP contribution >= 0.6 is 0 Å². The predicted molar refractivity (Wildman–Crippen MR) is 105 cm³/mol. The number of allylic oxidation sites excluding steroid dienone is 2. The molecular weight excluding hydrogens is 302 g/mol. The minimum absolute atomic E-state index is 0.639. The number of fused-ring (bicyclic) bond motifs is 1. The summed E-state index contributed by atoms with van der Waals surface area (Å²) in [5.41, 5.74) is 3.97. The maximum atomic E-state index is 8.01. The van der Waals surface area contributed by atoms with Crippen molar-refractivity contribution in [1.29, 1.82) is 5.41 Å². The van der Waals surface area contributed by atoms with E-state index in [-0.39, 0.29) is 0 Å². The van der Waals surface area contributed by atoms with Gasteiger partial charge in [0.25, 0.3) is 0 Å². The Hall–Kier alpha value is -0.590. The lowest BCUT2D eigenvalue weighted by molar-refractivity contribution is 0.0564. The summed E-state index contributed by atoms with van der Waals surface area (Å²) in [6.45, 7) is 5.16. The fourth-order valence-electron chi connectivity index (χ4n) is 8.13.